The van der Waals surface area contributed by atoms with Crippen LogP contribution in [0.5, 0.6) is 5.75 Å². The van der Waals surface area contributed by atoms with E-state index in [1.54, 1.807) is 19.9 Å². The van der Waals surface area contributed by atoms with Crippen LogP contribution in [0.1, 0.15) is 22.8 Å². The van der Waals surface area contributed by atoms with Crippen molar-refractivity contribution >= 4 is 5.97 Å². The number of rotatable bonds is 2. The average Bonchev–Trinajstić information content (AvgIpc) is 2.23. The summed E-state index contributed by atoms with van der Waals surface area (Å²) >= 11 is 0. The van der Waals surface area contributed by atoms with E-state index >= 15 is 0 Å². The molecule has 0 aliphatic rings. The van der Waals surface area contributed by atoms with Gasteiger partial charge in [0.15, 0.2) is 6.10 Å². The molecule has 0 bridgehead atoms. The van der Waals surface area contributed by atoms with Gasteiger partial charge in [-0.1, -0.05) is 6.07 Å². The summed E-state index contributed by atoms with van der Waals surface area (Å²) in [5.74, 6) is -0.675. The van der Waals surface area contributed by atoms with Gasteiger partial charge in [0.1, 0.15) is 5.75 Å². The lowest BCUT2D eigenvalue weighted by Gasteiger charge is -2.11. The highest BCUT2D eigenvalue weighted by molar-refractivity contribution is 5.76. The van der Waals surface area contributed by atoms with Gasteiger partial charge >= 0.3 is 5.97 Å². The topological polar surface area (TPSA) is 66.8 Å². The molecule has 4 nitrogen and oxygen atoms in total. The number of aliphatic hydroxyl groups excluding tert-OH is 1. The molecule has 1 rings (SSSR count). The van der Waals surface area contributed by atoms with Crippen molar-refractivity contribution in [1.82, 2.24) is 0 Å². The first kappa shape index (κ1) is 11.5. The highest BCUT2D eigenvalue weighted by Gasteiger charge is 2.19. The largest absolute Gasteiger partial charge is 0.508 e. The van der Waals surface area contributed by atoms with Crippen LogP contribution in [0, 0.1) is 13.8 Å². The lowest BCUT2D eigenvalue weighted by molar-refractivity contribution is -0.150. The minimum Gasteiger partial charge on any atom is -0.508 e. The summed E-state index contributed by atoms with van der Waals surface area (Å²) in [4.78, 5) is 11.1. The monoisotopic (exact) mass is 210 g/mol. The third-order valence-corrected chi connectivity index (χ3v) is 2.40. The van der Waals surface area contributed by atoms with Gasteiger partial charge in [-0.2, -0.15) is 0 Å². The summed E-state index contributed by atoms with van der Waals surface area (Å²) in [5.41, 5.74) is 1.88. The maximum absolute atomic E-state index is 11.1. The molecule has 15 heavy (non-hydrogen) atoms. The number of aromatic hydroxyl groups is 1. The van der Waals surface area contributed by atoms with Crippen molar-refractivity contribution in [3.05, 3.63) is 28.8 Å². The average molecular weight is 210 g/mol. The number of ether oxygens (including phenoxy) is 1. The number of carbonyl (C=O) groups is 1. The Balaban J connectivity index is 3.11. The molecule has 0 aliphatic carbocycles. The van der Waals surface area contributed by atoms with E-state index in [9.17, 15) is 15.0 Å². The van der Waals surface area contributed by atoms with Gasteiger partial charge in [-0.05, 0) is 36.6 Å². The highest BCUT2D eigenvalue weighted by atomic mass is 16.5. The molecule has 0 saturated heterocycles. The predicted octanol–water partition coefficient (Wildman–Crippen LogP) is 1.22. The maximum atomic E-state index is 11.1. The second kappa shape index (κ2) is 4.31. The van der Waals surface area contributed by atoms with Crippen LogP contribution in [0.3, 0.4) is 0 Å². The minimum absolute atomic E-state index is 0.0629. The van der Waals surface area contributed by atoms with Crippen LogP contribution >= 0.6 is 0 Å². The van der Waals surface area contributed by atoms with Gasteiger partial charge in [0.2, 0.25) is 0 Å². The summed E-state index contributed by atoms with van der Waals surface area (Å²) in [6.07, 6.45) is -1.35. The number of methoxy groups -OCH3 is 1. The van der Waals surface area contributed by atoms with Gasteiger partial charge in [-0.15, -0.1) is 0 Å². The van der Waals surface area contributed by atoms with Crippen molar-refractivity contribution in [2.45, 2.75) is 20.0 Å². The fourth-order valence-electron chi connectivity index (χ4n) is 1.27. The normalized spacial score (nSPS) is 12.3. The molecule has 1 atom stereocenters. The summed E-state index contributed by atoms with van der Waals surface area (Å²) in [6, 6.07) is 3.01. The van der Waals surface area contributed by atoms with Crippen molar-refractivity contribution < 1.29 is 19.7 Å². The molecule has 0 fully saturated rings. The summed E-state index contributed by atoms with van der Waals surface area (Å²) < 4.78 is 4.41. The number of carbonyl (C=O) groups excluding carboxylic acids is 1. The zero-order valence-corrected chi connectivity index (χ0v) is 8.94. The van der Waals surface area contributed by atoms with E-state index in [2.05, 4.69) is 4.74 Å². The molecule has 1 unspecified atom stereocenters. The Morgan fingerprint density at radius 2 is 2.00 bits per heavy atom. The first-order valence-corrected chi connectivity index (χ1v) is 4.53. The highest BCUT2D eigenvalue weighted by Crippen LogP contribution is 2.26. The maximum Gasteiger partial charge on any atom is 0.339 e. The number of benzene rings is 1. The molecule has 0 aromatic heterocycles. The van der Waals surface area contributed by atoms with Crippen LogP contribution in [0.15, 0.2) is 12.1 Å². The van der Waals surface area contributed by atoms with E-state index in [1.165, 1.54) is 13.2 Å². The third kappa shape index (κ3) is 2.27. The first-order chi connectivity index (χ1) is 6.97. The predicted molar refractivity (Wildman–Crippen MR) is 54.6 cm³/mol. The quantitative estimate of drug-likeness (QED) is 0.720. The Morgan fingerprint density at radius 3 is 2.47 bits per heavy atom. The van der Waals surface area contributed by atoms with E-state index in [-0.39, 0.29) is 5.75 Å². The Kier molecular flexibility index (Phi) is 3.31. The van der Waals surface area contributed by atoms with Crippen LogP contribution in [-0.4, -0.2) is 23.3 Å². The number of aliphatic hydroxyl groups is 1. The van der Waals surface area contributed by atoms with Crippen LogP contribution in [-0.2, 0) is 9.53 Å². The zero-order valence-electron chi connectivity index (χ0n) is 8.94. The molecule has 0 amide bonds. The lowest BCUT2D eigenvalue weighted by atomic mass is 10.0. The van der Waals surface area contributed by atoms with Crippen LogP contribution in [0.4, 0.5) is 0 Å². The number of hydrogen-bond acceptors (Lipinski definition) is 4. The van der Waals surface area contributed by atoms with Gasteiger partial charge < -0.3 is 14.9 Å². The third-order valence-electron chi connectivity index (χ3n) is 2.40. The smallest absolute Gasteiger partial charge is 0.339 e. The second-order valence-corrected chi connectivity index (χ2v) is 3.41. The molecule has 0 aliphatic heterocycles. The summed E-state index contributed by atoms with van der Waals surface area (Å²) in [7, 11) is 1.20. The van der Waals surface area contributed by atoms with Gasteiger partial charge in [0.25, 0.3) is 0 Å². The molecule has 0 radical (unpaired) electrons. The molecular formula is C11H14O4. The molecule has 82 valence electrons. The number of phenolic OH excluding ortho intramolecular Hbond substituents is 1. The first-order valence-electron chi connectivity index (χ1n) is 4.53. The van der Waals surface area contributed by atoms with Crippen molar-refractivity contribution in [3.63, 3.8) is 0 Å². The molecule has 0 heterocycles. The Labute approximate surface area is 88.1 Å². The molecule has 1 aromatic carbocycles. The number of esters is 1. The molecule has 4 heteroatoms. The van der Waals surface area contributed by atoms with Crippen LogP contribution < -0.4 is 0 Å². The fraction of sp³-hybridized carbons (Fsp3) is 0.364. The van der Waals surface area contributed by atoms with Gasteiger partial charge in [-0.3, -0.25) is 0 Å². The number of aryl methyl sites for hydroxylation is 1. The van der Waals surface area contributed by atoms with E-state index in [4.69, 9.17) is 0 Å². The SMILES string of the molecule is COC(=O)C(O)c1cc(C)c(C)c(O)c1. The molecule has 1 aromatic rings. The van der Waals surface area contributed by atoms with Crippen molar-refractivity contribution in [3.8, 4) is 5.75 Å². The number of hydrogen-bond donors (Lipinski definition) is 2. The van der Waals surface area contributed by atoms with Crippen molar-refractivity contribution in [2.75, 3.05) is 7.11 Å². The summed E-state index contributed by atoms with van der Waals surface area (Å²) in [6.45, 7) is 3.56. The molecule has 2 N–H and O–H groups in total. The van der Waals surface area contributed by atoms with E-state index in [0.29, 0.717) is 5.56 Å². The fourth-order valence-corrected chi connectivity index (χ4v) is 1.27. The minimum atomic E-state index is -1.35. The van der Waals surface area contributed by atoms with Crippen molar-refractivity contribution in [2.24, 2.45) is 0 Å². The Bertz CT molecular complexity index is 361. The lowest BCUT2D eigenvalue weighted by Crippen LogP contribution is -2.13. The zero-order chi connectivity index (χ0) is 11.6. The molecular weight excluding hydrogens is 196 g/mol. The van der Waals surface area contributed by atoms with E-state index in [1.807, 2.05) is 0 Å². The Morgan fingerprint density at radius 1 is 1.40 bits per heavy atom. The summed E-state index contributed by atoms with van der Waals surface area (Å²) in [5, 5.41) is 19.1. The Hall–Kier alpha value is -1.55. The molecule has 0 saturated carbocycles. The van der Waals surface area contributed by atoms with Crippen LogP contribution in [0.2, 0.25) is 0 Å². The van der Waals surface area contributed by atoms with Gasteiger partial charge in [0.05, 0.1) is 7.11 Å². The number of phenols is 1. The van der Waals surface area contributed by atoms with E-state index in [0.717, 1.165) is 11.1 Å². The van der Waals surface area contributed by atoms with Gasteiger partial charge in [0, 0.05) is 0 Å². The second-order valence-electron chi connectivity index (χ2n) is 3.41. The van der Waals surface area contributed by atoms with Gasteiger partial charge in [-0.25, -0.2) is 4.79 Å². The standard InChI is InChI=1S/C11H14O4/c1-6-4-8(5-9(12)7(6)2)10(13)11(14)15-3/h4-5,10,12-13H,1-3H3. The van der Waals surface area contributed by atoms with Crippen molar-refractivity contribution in [1.29, 1.82) is 0 Å². The van der Waals surface area contributed by atoms with E-state index < -0.39 is 12.1 Å². The van der Waals surface area contributed by atoms with Crippen LogP contribution in [0.25, 0.3) is 0 Å². The molecule has 0 spiro atoms.